The average molecular weight is 348 g/mol. The molecule has 1 saturated carbocycles. The van der Waals surface area contributed by atoms with Crippen LogP contribution in [0.1, 0.15) is 52.4 Å². The fourth-order valence-electron chi connectivity index (χ4n) is 3.51. The van der Waals surface area contributed by atoms with Gasteiger partial charge in [0.25, 0.3) is 0 Å². The molecule has 1 N–H and O–H groups in total. The van der Waals surface area contributed by atoms with Crippen molar-refractivity contribution in [3.8, 4) is 0 Å². The Morgan fingerprint density at radius 3 is 2.04 bits per heavy atom. The van der Waals surface area contributed by atoms with Crippen molar-refractivity contribution in [2.75, 3.05) is 18.4 Å². The number of halogens is 1. The molecule has 0 bridgehead atoms. The standard InChI is InChI=1S/C20H29FN2O2/c1-3-13-23(14-4-2)20(25)16-7-5-15(6-8-16)19(24)22-18-11-9-17(21)10-12-18/h9-12,15-16H,3-8,13-14H2,1-2H3,(H,22,24). The number of carbonyl (C=O) groups is 2. The second-order valence-electron chi connectivity index (χ2n) is 6.87. The first-order valence-corrected chi connectivity index (χ1v) is 9.40. The number of nitrogens with one attached hydrogen (secondary N) is 1. The highest BCUT2D eigenvalue weighted by Crippen LogP contribution is 2.31. The number of benzene rings is 1. The molecule has 0 heterocycles. The topological polar surface area (TPSA) is 49.4 Å². The van der Waals surface area contributed by atoms with Gasteiger partial charge in [-0.05, 0) is 62.8 Å². The van der Waals surface area contributed by atoms with Crippen molar-refractivity contribution in [2.45, 2.75) is 52.4 Å². The SMILES string of the molecule is CCCN(CCC)C(=O)C1CCC(C(=O)Nc2ccc(F)cc2)CC1. The van der Waals surface area contributed by atoms with E-state index in [1.165, 1.54) is 12.1 Å². The molecule has 0 saturated heterocycles. The minimum atomic E-state index is -0.319. The van der Waals surface area contributed by atoms with Gasteiger partial charge in [-0.3, -0.25) is 9.59 Å². The zero-order chi connectivity index (χ0) is 18.2. The Bertz CT molecular complexity index is 560. The maximum atomic E-state index is 12.9. The highest BCUT2D eigenvalue weighted by molar-refractivity contribution is 5.92. The quantitative estimate of drug-likeness (QED) is 0.802. The zero-order valence-corrected chi connectivity index (χ0v) is 15.3. The average Bonchev–Trinajstić information content (AvgIpc) is 2.63. The first-order valence-electron chi connectivity index (χ1n) is 9.40. The van der Waals surface area contributed by atoms with Crippen LogP contribution in [0.15, 0.2) is 24.3 Å². The van der Waals surface area contributed by atoms with E-state index in [9.17, 15) is 14.0 Å². The minimum absolute atomic E-state index is 0.0310. The zero-order valence-electron chi connectivity index (χ0n) is 15.3. The summed E-state index contributed by atoms with van der Waals surface area (Å²) in [5.74, 6) is -0.119. The molecule has 4 nitrogen and oxygen atoms in total. The minimum Gasteiger partial charge on any atom is -0.342 e. The number of carbonyl (C=O) groups excluding carboxylic acids is 2. The lowest BCUT2D eigenvalue weighted by molar-refractivity contribution is -0.138. The smallest absolute Gasteiger partial charge is 0.227 e. The van der Waals surface area contributed by atoms with Crippen LogP contribution >= 0.6 is 0 Å². The number of hydrogen-bond donors (Lipinski definition) is 1. The number of hydrogen-bond acceptors (Lipinski definition) is 2. The first kappa shape index (κ1) is 19.4. The molecule has 5 heteroatoms. The maximum absolute atomic E-state index is 12.9. The van der Waals surface area contributed by atoms with E-state index in [4.69, 9.17) is 0 Å². The molecule has 0 aliphatic heterocycles. The molecular formula is C20H29FN2O2. The van der Waals surface area contributed by atoms with Gasteiger partial charge in [0.15, 0.2) is 0 Å². The summed E-state index contributed by atoms with van der Waals surface area (Å²) in [6.45, 7) is 5.81. The Kier molecular flexibility index (Phi) is 7.41. The molecule has 0 spiro atoms. The van der Waals surface area contributed by atoms with Crippen LogP contribution in [-0.4, -0.2) is 29.8 Å². The molecule has 138 valence electrons. The van der Waals surface area contributed by atoms with Crippen LogP contribution in [0.2, 0.25) is 0 Å². The third-order valence-corrected chi connectivity index (χ3v) is 4.86. The predicted octanol–water partition coefficient (Wildman–Crippen LogP) is 4.22. The Labute approximate surface area is 149 Å². The highest BCUT2D eigenvalue weighted by Gasteiger charge is 2.31. The summed E-state index contributed by atoms with van der Waals surface area (Å²) >= 11 is 0. The van der Waals surface area contributed by atoms with Gasteiger partial charge in [-0.2, -0.15) is 0 Å². The molecule has 0 atom stereocenters. The Morgan fingerprint density at radius 2 is 1.52 bits per heavy atom. The van der Waals surface area contributed by atoms with Gasteiger partial charge in [0, 0.05) is 30.6 Å². The molecule has 0 radical (unpaired) electrons. The fraction of sp³-hybridized carbons (Fsp3) is 0.600. The molecule has 1 aliphatic carbocycles. The second-order valence-corrected chi connectivity index (χ2v) is 6.87. The maximum Gasteiger partial charge on any atom is 0.227 e. The highest BCUT2D eigenvalue weighted by atomic mass is 19.1. The lowest BCUT2D eigenvalue weighted by atomic mass is 9.80. The lowest BCUT2D eigenvalue weighted by Crippen LogP contribution is -2.39. The molecular weight excluding hydrogens is 319 g/mol. The van der Waals surface area contributed by atoms with Gasteiger partial charge in [0.1, 0.15) is 5.82 Å². The normalized spacial score (nSPS) is 20.1. The van der Waals surface area contributed by atoms with Crippen molar-refractivity contribution in [1.82, 2.24) is 4.90 Å². The summed E-state index contributed by atoms with van der Waals surface area (Å²) < 4.78 is 12.9. The van der Waals surface area contributed by atoms with E-state index in [2.05, 4.69) is 19.2 Å². The first-order chi connectivity index (χ1) is 12.0. The van der Waals surface area contributed by atoms with Gasteiger partial charge in [-0.1, -0.05) is 13.8 Å². The number of amides is 2. The molecule has 2 rings (SSSR count). The van der Waals surface area contributed by atoms with Crippen LogP contribution in [0.4, 0.5) is 10.1 Å². The van der Waals surface area contributed by atoms with E-state index >= 15 is 0 Å². The molecule has 1 aliphatic rings. The summed E-state index contributed by atoms with van der Waals surface area (Å²) in [5.41, 5.74) is 0.613. The van der Waals surface area contributed by atoms with E-state index in [0.29, 0.717) is 5.69 Å². The van der Waals surface area contributed by atoms with Crippen molar-refractivity contribution in [2.24, 2.45) is 11.8 Å². The second kappa shape index (κ2) is 9.54. The summed E-state index contributed by atoms with van der Waals surface area (Å²) in [7, 11) is 0. The number of anilines is 1. The van der Waals surface area contributed by atoms with Crippen molar-refractivity contribution in [3.63, 3.8) is 0 Å². The van der Waals surface area contributed by atoms with E-state index < -0.39 is 0 Å². The predicted molar refractivity (Wildman–Crippen MR) is 97.6 cm³/mol. The van der Waals surface area contributed by atoms with Crippen LogP contribution in [-0.2, 0) is 9.59 Å². The third kappa shape index (κ3) is 5.55. The summed E-state index contributed by atoms with van der Waals surface area (Å²) in [4.78, 5) is 27.0. The Morgan fingerprint density at radius 1 is 1.00 bits per heavy atom. The number of nitrogens with zero attached hydrogens (tertiary/aromatic N) is 1. The fourth-order valence-corrected chi connectivity index (χ4v) is 3.51. The van der Waals surface area contributed by atoms with Crippen LogP contribution in [0.25, 0.3) is 0 Å². The van der Waals surface area contributed by atoms with Gasteiger partial charge in [-0.25, -0.2) is 4.39 Å². The van der Waals surface area contributed by atoms with E-state index in [1.807, 2.05) is 4.90 Å². The molecule has 1 aromatic carbocycles. The van der Waals surface area contributed by atoms with Gasteiger partial charge in [0.2, 0.25) is 11.8 Å². The van der Waals surface area contributed by atoms with Gasteiger partial charge >= 0.3 is 0 Å². The summed E-state index contributed by atoms with van der Waals surface area (Å²) in [6, 6.07) is 5.80. The van der Waals surface area contributed by atoms with Crippen molar-refractivity contribution >= 4 is 17.5 Å². The van der Waals surface area contributed by atoms with Crippen molar-refractivity contribution in [3.05, 3.63) is 30.1 Å². The van der Waals surface area contributed by atoms with Crippen molar-refractivity contribution < 1.29 is 14.0 Å². The summed E-state index contributed by atoms with van der Waals surface area (Å²) in [6.07, 6.45) is 4.95. The molecule has 0 unspecified atom stereocenters. The Hall–Kier alpha value is -1.91. The summed E-state index contributed by atoms with van der Waals surface area (Å²) in [5, 5.41) is 2.85. The van der Waals surface area contributed by atoms with Crippen LogP contribution < -0.4 is 5.32 Å². The van der Waals surface area contributed by atoms with Crippen LogP contribution in [0.3, 0.4) is 0 Å². The Balaban J connectivity index is 1.84. The van der Waals surface area contributed by atoms with Crippen molar-refractivity contribution in [1.29, 1.82) is 0 Å². The molecule has 1 fully saturated rings. The molecule has 25 heavy (non-hydrogen) atoms. The largest absolute Gasteiger partial charge is 0.342 e. The van der Waals surface area contributed by atoms with E-state index in [1.54, 1.807) is 12.1 Å². The third-order valence-electron chi connectivity index (χ3n) is 4.86. The van der Waals surface area contributed by atoms with E-state index in [-0.39, 0.29) is 29.5 Å². The lowest BCUT2D eigenvalue weighted by Gasteiger charge is -2.31. The van der Waals surface area contributed by atoms with Crippen LogP contribution in [0.5, 0.6) is 0 Å². The molecule has 2 amide bonds. The van der Waals surface area contributed by atoms with Gasteiger partial charge in [0.05, 0.1) is 0 Å². The molecule has 0 aromatic heterocycles. The van der Waals surface area contributed by atoms with Crippen LogP contribution in [0, 0.1) is 17.7 Å². The van der Waals surface area contributed by atoms with Gasteiger partial charge < -0.3 is 10.2 Å². The molecule has 1 aromatic rings. The number of rotatable bonds is 7. The van der Waals surface area contributed by atoms with Gasteiger partial charge in [-0.15, -0.1) is 0 Å². The van der Waals surface area contributed by atoms with E-state index in [0.717, 1.165) is 51.6 Å². The monoisotopic (exact) mass is 348 g/mol.